The number of fused-ring (bicyclic) bond motifs is 1. The summed E-state index contributed by atoms with van der Waals surface area (Å²) in [6.07, 6.45) is 0. The van der Waals surface area contributed by atoms with E-state index in [-0.39, 0.29) is 10.8 Å². The molecule has 160 valence electrons. The van der Waals surface area contributed by atoms with Crippen molar-refractivity contribution < 1.29 is 17.9 Å². The first-order valence-corrected chi connectivity index (χ1v) is 11.8. The molecular weight excluding hydrogens is 446 g/mol. The Morgan fingerprint density at radius 1 is 1.20 bits per heavy atom. The van der Waals surface area contributed by atoms with Gasteiger partial charge in [0.2, 0.25) is 15.9 Å². The minimum Gasteiger partial charge on any atom is -0.495 e. The number of hydrogen-bond acceptors (Lipinski definition) is 6. The van der Waals surface area contributed by atoms with E-state index in [1.54, 1.807) is 44.2 Å². The number of nitrogens with zero attached hydrogens (tertiary/aromatic N) is 1. The van der Waals surface area contributed by atoms with Crippen molar-refractivity contribution in [3.63, 3.8) is 0 Å². The van der Waals surface area contributed by atoms with Crippen LogP contribution in [-0.4, -0.2) is 32.5 Å². The Hall–Kier alpha value is -2.20. The number of aryl methyl sites for hydroxylation is 1. The first-order chi connectivity index (χ1) is 14.1. The van der Waals surface area contributed by atoms with Crippen molar-refractivity contribution in [1.82, 2.24) is 9.71 Å². The van der Waals surface area contributed by atoms with Gasteiger partial charge in [-0.15, -0.1) is 11.3 Å². The van der Waals surface area contributed by atoms with Gasteiger partial charge in [-0.1, -0.05) is 25.4 Å². The van der Waals surface area contributed by atoms with E-state index in [0.717, 1.165) is 15.2 Å². The van der Waals surface area contributed by atoms with Gasteiger partial charge in [0.25, 0.3) is 0 Å². The predicted molar refractivity (Wildman–Crippen MR) is 120 cm³/mol. The lowest BCUT2D eigenvalue weighted by Crippen LogP contribution is -2.47. The van der Waals surface area contributed by atoms with Crippen LogP contribution in [0.5, 0.6) is 5.75 Å². The highest BCUT2D eigenvalue weighted by atomic mass is 35.5. The maximum Gasteiger partial charge on any atom is 0.242 e. The number of methoxy groups -OCH3 is 1. The first kappa shape index (κ1) is 22.5. The molecule has 10 heteroatoms. The summed E-state index contributed by atoms with van der Waals surface area (Å²) < 4.78 is 34.3. The molecule has 3 aromatic rings. The molecule has 7 nitrogen and oxygen atoms in total. The van der Waals surface area contributed by atoms with Crippen molar-refractivity contribution in [2.75, 3.05) is 12.4 Å². The zero-order valence-corrected chi connectivity index (χ0v) is 19.3. The van der Waals surface area contributed by atoms with Crippen molar-refractivity contribution in [3.05, 3.63) is 46.4 Å². The zero-order valence-electron chi connectivity index (χ0n) is 16.9. The van der Waals surface area contributed by atoms with Gasteiger partial charge in [0.05, 0.1) is 32.3 Å². The standard InChI is InChI=1S/C20H22ClN3O4S2/c1-11(2)19(20(25)23-13-5-8-17(28-4)15(21)9-13)24-30(26,27)14-6-7-16-18(10-14)29-12(3)22-16/h5-11,19,24H,1-4H3,(H,23,25)/t19-/m0/s1. The number of ether oxygens (including phenoxy) is 1. The van der Waals surface area contributed by atoms with Gasteiger partial charge in [0, 0.05) is 5.69 Å². The highest BCUT2D eigenvalue weighted by molar-refractivity contribution is 7.89. The van der Waals surface area contributed by atoms with Gasteiger partial charge in [0.15, 0.2) is 0 Å². The molecule has 0 aliphatic carbocycles. The Kier molecular flexibility index (Phi) is 6.66. The van der Waals surface area contributed by atoms with Crippen molar-refractivity contribution in [2.24, 2.45) is 5.92 Å². The lowest BCUT2D eigenvalue weighted by atomic mass is 10.0. The Labute approximate surface area is 184 Å². The van der Waals surface area contributed by atoms with Gasteiger partial charge in [0.1, 0.15) is 11.8 Å². The van der Waals surface area contributed by atoms with E-state index in [1.165, 1.54) is 24.5 Å². The minimum absolute atomic E-state index is 0.0876. The molecule has 0 bridgehead atoms. The lowest BCUT2D eigenvalue weighted by molar-refractivity contribution is -0.118. The van der Waals surface area contributed by atoms with Gasteiger partial charge in [-0.2, -0.15) is 4.72 Å². The van der Waals surface area contributed by atoms with Crippen LogP contribution in [0.4, 0.5) is 5.69 Å². The molecule has 0 unspecified atom stereocenters. The van der Waals surface area contributed by atoms with Crippen molar-refractivity contribution >= 4 is 54.8 Å². The summed E-state index contributed by atoms with van der Waals surface area (Å²) >= 11 is 7.51. The van der Waals surface area contributed by atoms with Crippen LogP contribution in [0.25, 0.3) is 10.2 Å². The SMILES string of the molecule is COc1ccc(NC(=O)[C@@H](NS(=O)(=O)c2ccc3nc(C)sc3c2)C(C)C)cc1Cl. The molecule has 0 spiro atoms. The number of anilines is 1. The minimum atomic E-state index is -3.92. The molecule has 30 heavy (non-hydrogen) atoms. The van der Waals surface area contributed by atoms with E-state index in [4.69, 9.17) is 16.3 Å². The summed E-state index contributed by atoms with van der Waals surface area (Å²) in [6.45, 7) is 5.40. The molecule has 2 aromatic carbocycles. The van der Waals surface area contributed by atoms with Gasteiger partial charge in [-0.05, 0) is 49.2 Å². The zero-order chi connectivity index (χ0) is 22.1. The van der Waals surface area contributed by atoms with Crippen LogP contribution in [-0.2, 0) is 14.8 Å². The molecule has 0 radical (unpaired) electrons. The van der Waals surface area contributed by atoms with Crippen LogP contribution in [0.1, 0.15) is 18.9 Å². The van der Waals surface area contributed by atoms with Crippen molar-refractivity contribution in [1.29, 1.82) is 0 Å². The number of hydrogen-bond donors (Lipinski definition) is 2. The highest BCUT2D eigenvalue weighted by Gasteiger charge is 2.29. The number of halogens is 1. The van der Waals surface area contributed by atoms with Gasteiger partial charge >= 0.3 is 0 Å². The van der Waals surface area contributed by atoms with Crippen LogP contribution < -0.4 is 14.8 Å². The van der Waals surface area contributed by atoms with E-state index in [2.05, 4.69) is 15.0 Å². The number of carbonyl (C=O) groups excluding carboxylic acids is 1. The lowest BCUT2D eigenvalue weighted by Gasteiger charge is -2.22. The second-order valence-corrected chi connectivity index (χ2v) is 10.4. The van der Waals surface area contributed by atoms with Crippen molar-refractivity contribution in [3.8, 4) is 5.75 Å². The third kappa shape index (κ3) is 4.92. The molecule has 3 rings (SSSR count). The maximum absolute atomic E-state index is 12.9. The highest BCUT2D eigenvalue weighted by Crippen LogP contribution is 2.28. The monoisotopic (exact) mass is 467 g/mol. The Morgan fingerprint density at radius 2 is 1.93 bits per heavy atom. The summed E-state index contributed by atoms with van der Waals surface area (Å²) in [4.78, 5) is 17.3. The van der Waals surface area contributed by atoms with Gasteiger partial charge in [-0.25, -0.2) is 13.4 Å². The van der Waals surface area contributed by atoms with Crippen molar-refractivity contribution in [2.45, 2.75) is 31.7 Å². The Bertz CT molecular complexity index is 1190. The molecular formula is C20H22ClN3O4S2. The molecule has 1 aromatic heterocycles. The molecule has 0 aliphatic heterocycles. The van der Waals surface area contributed by atoms with E-state index in [0.29, 0.717) is 16.5 Å². The molecule has 1 amide bonds. The summed E-state index contributed by atoms with van der Waals surface area (Å²) in [6, 6.07) is 8.55. The topological polar surface area (TPSA) is 97.4 Å². The molecule has 2 N–H and O–H groups in total. The largest absolute Gasteiger partial charge is 0.495 e. The molecule has 0 fully saturated rings. The van der Waals surface area contributed by atoms with Gasteiger partial charge < -0.3 is 10.1 Å². The number of amides is 1. The first-order valence-electron chi connectivity index (χ1n) is 9.14. The second kappa shape index (κ2) is 8.89. The van der Waals surface area contributed by atoms with Crippen LogP contribution in [0, 0.1) is 12.8 Å². The molecule has 0 saturated heterocycles. The molecule has 1 heterocycles. The number of thiazole rings is 1. The quantitative estimate of drug-likeness (QED) is 0.542. The predicted octanol–water partition coefficient (Wildman–Crippen LogP) is 4.21. The second-order valence-electron chi connectivity index (χ2n) is 7.04. The third-order valence-corrected chi connectivity index (χ3v) is 7.10. The molecule has 0 aliphatic rings. The van der Waals surface area contributed by atoms with E-state index in [9.17, 15) is 13.2 Å². The maximum atomic E-state index is 12.9. The third-order valence-electron chi connectivity index (χ3n) is 4.43. The number of sulfonamides is 1. The van der Waals surface area contributed by atoms with Crippen LogP contribution in [0.15, 0.2) is 41.3 Å². The summed E-state index contributed by atoms with van der Waals surface area (Å²) in [5.41, 5.74) is 1.18. The number of benzene rings is 2. The number of carbonyl (C=O) groups is 1. The normalized spacial score (nSPS) is 12.9. The smallest absolute Gasteiger partial charge is 0.242 e. The van der Waals surface area contributed by atoms with Crippen LogP contribution >= 0.6 is 22.9 Å². The van der Waals surface area contributed by atoms with Crippen LogP contribution in [0.3, 0.4) is 0 Å². The van der Waals surface area contributed by atoms with E-state index >= 15 is 0 Å². The average molecular weight is 468 g/mol. The van der Waals surface area contributed by atoms with Gasteiger partial charge in [-0.3, -0.25) is 4.79 Å². The number of nitrogens with one attached hydrogen (secondary N) is 2. The average Bonchev–Trinajstić information content (AvgIpc) is 3.05. The summed E-state index contributed by atoms with van der Waals surface area (Å²) in [5, 5.41) is 3.90. The number of rotatable bonds is 7. The molecule has 0 saturated carbocycles. The number of aromatic nitrogens is 1. The Balaban J connectivity index is 1.82. The summed E-state index contributed by atoms with van der Waals surface area (Å²) in [5.74, 6) is -0.295. The fraction of sp³-hybridized carbons (Fsp3) is 0.300. The Morgan fingerprint density at radius 3 is 2.57 bits per heavy atom. The summed E-state index contributed by atoms with van der Waals surface area (Å²) in [7, 11) is -2.43. The fourth-order valence-corrected chi connectivity index (χ4v) is 5.45. The molecule has 1 atom stereocenters. The van der Waals surface area contributed by atoms with Crippen LogP contribution in [0.2, 0.25) is 5.02 Å². The van der Waals surface area contributed by atoms with E-state index < -0.39 is 22.0 Å². The fourth-order valence-electron chi connectivity index (χ4n) is 2.88. The van der Waals surface area contributed by atoms with E-state index in [1.807, 2.05) is 6.92 Å².